The number of hydrogen-bond acceptors (Lipinski definition) is 0. The average Bonchev–Trinajstić information content (AvgIpc) is 0. The van der Waals surface area contributed by atoms with Crippen molar-refractivity contribution in [2.24, 2.45) is 0 Å². The summed E-state index contributed by atoms with van der Waals surface area (Å²) in [6.07, 6.45) is 0. The molecule has 0 aromatic heterocycles. The van der Waals surface area contributed by atoms with E-state index >= 15 is 0 Å². The molecule has 0 saturated carbocycles. The molecule has 0 unspecified atom stereocenters. The Balaban J connectivity index is 0. The van der Waals surface area contributed by atoms with Gasteiger partial charge in [-0.05, 0) is 0 Å². The van der Waals surface area contributed by atoms with E-state index in [-0.39, 0.29) is 77.3 Å². The Morgan fingerprint density at radius 2 is 1.00 bits per heavy atom. The van der Waals surface area contributed by atoms with Crippen LogP contribution in [-0.2, 0) is 33.6 Å². The zero-order valence-corrected chi connectivity index (χ0v) is 9.12. The van der Waals surface area contributed by atoms with Crippen LogP contribution in [-0.4, -0.2) is 43.7 Å². The number of hydrogen-bond donors (Lipinski definition) is 0. The minimum atomic E-state index is 0. The molecule has 4 heteroatoms. The predicted molar refractivity (Wildman–Crippen MR) is 11.5 cm³/mol. The monoisotopic (exact) mass is 303 g/mol. The molecule has 4 heavy (non-hydrogen) atoms. The topological polar surface area (TPSA) is 0 Å². The van der Waals surface area contributed by atoms with E-state index in [1.807, 2.05) is 0 Å². The molecule has 0 nitrogen and oxygen atoms in total. The van der Waals surface area contributed by atoms with Crippen LogP contribution in [0.25, 0.3) is 0 Å². The molecule has 0 aliphatic rings. The molecular weight excluding hydrogens is 303 g/mol. The molecule has 0 aliphatic heterocycles. The molecule has 0 atom stereocenters. The molecule has 0 aromatic rings. The van der Waals surface area contributed by atoms with Crippen molar-refractivity contribution in [1.29, 1.82) is 0 Å². The van der Waals surface area contributed by atoms with Gasteiger partial charge in [-0.2, -0.15) is 0 Å². The molecule has 0 rings (SSSR count). The number of rotatable bonds is 0. The van der Waals surface area contributed by atoms with E-state index in [0.717, 1.165) is 0 Å². The summed E-state index contributed by atoms with van der Waals surface area (Å²) in [4.78, 5) is 0. The molecule has 0 aromatic carbocycles. The first-order valence-corrected chi connectivity index (χ1v) is 0. The molecule has 0 fully saturated rings. The fraction of sp³-hybridized carbons (Fsp3) is 0. The molecule has 0 aliphatic carbocycles. The van der Waals surface area contributed by atoms with Crippen molar-refractivity contribution < 1.29 is 33.6 Å². The van der Waals surface area contributed by atoms with E-state index in [1.54, 1.807) is 0 Å². The second kappa shape index (κ2) is 18.0. The summed E-state index contributed by atoms with van der Waals surface area (Å²) in [6, 6.07) is 0. The zero-order chi connectivity index (χ0) is 0. The quantitative estimate of drug-likeness (QED) is 0.516. The van der Waals surface area contributed by atoms with Gasteiger partial charge in [-0.3, -0.25) is 0 Å². The maximum absolute atomic E-state index is 0. The molecule has 0 bridgehead atoms. The Kier molecular flexibility index (Phi) is 144. The first-order valence-electron chi connectivity index (χ1n) is 0. The maximum atomic E-state index is 0. The van der Waals surface area contributed by atoms with Crippen molar-refractivity contribution in [3.63, 3.8) is 0 Å². The van der Waals surface area contributed by atoms with E-state index in [2.05, 4.69) is 0 Å². The van der Waals surface area contributed by atoms with Crippen LogP contribution in [0, 0.1) is 0 Å². The van der Waals surface area contributed by atoms with Crippen molar-refractivity contribution in [3.8, 4) is 0 Å². The third-order valence-corrected chi connectivity index (χ3v) is 0. The summed E-state index contributed by atoms with van der Waals surface area (Å²) in [5, 5.41) is 0. The molecule has 25 valence electrons. The first-order chi connectivity index (χ1) is 0. The normalized spacial score (nSPS) is 0. The summed E-state index contributed by atoms with van der Waals surface area (Å²) in [6.45, 7) is 0. The van der Waals surface area contributed by atoms with Crippen LogP contribution in [0.2, 0.25) is 0 Å². The van der Waals surface area contributed by atoms with Gasteiger partial charge in [0, 0.05) is 77.3 Å². The Bertz CT molecular complexity index is 8.00. The van der Waals surface area contributed by atoms with Crippen molar-refractivity contribution in [1.82, 2.24) is 0 Å². The molecule has 0 spiro atoms. The van der Waals surface area contributed by atoms with E-state index in [0.29, 0.717) is 0 Å². The van der Waals surface area contributed by atoms with Crippen LogP contribution < -0.4 is 0 Å². The Hall–Kier alpha value is 2.45. The van der Waals surface area contributed by atoms with Gasteiger partial charge < -0.3 is 0 Å². The zero-order valence-electron chi connectivity index (χ0n) is 1.75. The standard InChI is InChI=1S/Fe.Ga.Ni.Sn. The van der Waals surface area contributed by atoms with Gasteiger partial charge in [-0.15, -0.1) is 0 Å². The van der Waals surface area contributed by atoms with Gasteiger partial charge in [0.05, 0.1) is 0 Å². The Morgan fingerprint density at radius 1 is 1.00 bits per heavy atom. The summed E-state index contributed by atoms with van der Waals surface area (Å²) >= 11 is 0. The molecule has 0 N–H and O–H groups in total. The summed E-state index contributed by atoms with van der Waals surface area (Å²) in [7, 11) is 0. The molecule has 0 heterocycles. The third-order valence-electron chi connectivity index (χ3n) is 0. The second-order valence-corrected chi connectivity index (χ2v) is 0. The molecular formula is FeGaNiSn. The van der Waals surface area contributed by atoms with Gasteiger partial charge in [0.25, 0.3) is 0 Å². The van der Waals surface area contributed by atoms with Crippen LogP contribution in [0.5, 0.6) is 0 Å². The molecule has 0 amide bonds. The van der Waals surface area contributed by atoms with Crippen LogP contribution >= 0.6 is 0 Å². The fourth-order valence-corrected chi connectivity index (χ4v) is 0. The van der Waals surface area contributed by atoms with Gasteiger partial charge in [-0.1, -0.05) is 0 Å². The minimum Gasteiger partial charge on any atom is 0 e. The van der Waals surface area contributed by atoms with Gasteiger partial charge in [0.1, 0.15) is 0 Å². The van der Waals surface area contributed by atoms with Gasteiger partial charge >= 0.3 is 0 Å². The van der Waals surface area contributed by atoms with Crippen molar-refractivity contribution in [2.75, 3.05) is 0 Å². The van der Waals surface area contributed by atoms with Gasteiger partial charge in [0.2, 0.25) is 0 Å². The van der Waals surface area contributed by atoms with Gasteiger partial charge in [0.15, 0.2) is 0 Å². The summed E-state index contributed by atoms with van der Waals surface area (Å²) in [5.74, 6) is 0. The maximum Gasteiger partial charge on any atom is 0 e. The molecule has 7 radical (unpaired) electrons. The van der Waals surface area contributed by atoms with Crippen molar-refractivity contribution in [3.05, 3.63) is 0 Å². The van der Waals surface area contributed by atoms with E-state index in [9.17, 15) is 0 Å². The largest absolute Gasteiger partial charge is 0 e. The third kappa shape index (κ3) is 8.82. The average molecular weight is 303 g/mol. The smallest absolute Gasteiger partial charge is 0 e. The van der Waals surface area contributed by atoms with Crippen molar-refractivity contribution in [2.45, 2.75) is 0 Å². The van der Waals surface area contributed by atoms with Crippen molar-refractivity contribution >= 4 is 43.7 Å². The fourth-order valence-electron chi connectivity index (χ4n) is 0. The van der Waals surface area contributed by atoms with E-state index in [1.165, 1.54) is 0 Å². The second-order valence-electron chi connectivity index (χ2n) is 0. The van der Waals surface area contributed by atoms with Crippen LogP contribution in [0.3, 0.4) is 0 Å². The van der Waals surface area contributed by atoms with Gasteiger partial charge in [-0.25, -0.2) is 0 Å². The van der Waals surface area contributed by atoms with Crippen LogP contribution in [0.15, 0.2) is 0 Å². The first kappa shape index (κ1) is 31.9. The summed E-state index contributed by atoms with van der Waals surface area (Å²) in [5.41, 5.74) is 0. The van der Waals surface area contributed by atoms with E-state index in [4.69, 9.17) is 0 Å². The molecule has 0 saturated heterocycles. The minimum absolute atomic E-state index is 0. The van der Waals surface area contributed by atoms with Crippen LogP contribution in [0.1, 0.15) is 0 Å². The SMILES string of the molecule is [Fe].[Ga].[Ni].[Sn]. The summed E-state index contributed by atoms with van der Waals surface area (Å²) < 4.78 is 0. The van der Waals surface area contributed by atoms with Crippen LogP contribution in [0.4, 0.5) is 0 Å². The predicted octanol–water partition coefficient (Wildman–Crippen LogP) is -0.767. The Morgan fingerprint density at radius 3 is 1.00 bits per heavy atom. The Labute approximate surface area is 76.3 Å². The van der Waals surface area contributed by atoms with E-state index < -0.39 is 0 Å².